The molecule has 0 saturated carbocycles. The Bertz CT molecular complexity index is 812. The standard InChI is InChI=1S/C17H23N7O2/c1-11-9-14(25)22-17(20-11)23-7-3-12(4-8-23)21-16(26)13-10-19-24-6-2-5-18-15(13)24/h2,5-6,10-12,17,20H,3-4,7-9H2,1H3,(H,21,26)(H,22,25). The van der Waals surface area contributed by atoms with Gasteiger partial charge >= 0.3 is 0 Å². The molecule has 2 amide bonds. The molecule has 26 heavy (non-hydrogen) atoms. The molecule has 0 radical (unpaired) electrons. The predicted molar refractivity (Wildman–Crippen MR) is 94.2 cm³/mol. The van der Waals surface area contributed by atoms with Crippen molar-refractivity contribution >= 4 is 17.5 Å². The molecule has 4 rings (SSSR count). The van der Waals surface area contributed by atoms with Crippen LogP contribution in [0.15, 0.2) is 24.7 Å². The summed E-state index contributed by atoms with van der Waals surface area (Å²) in [4.78, 5) is 30.7. The summed E-state index contributed by atoms with van der Waals surface area (Å²) >= 11 is 0. The van der Waals surface area contributed by atoms with Gasteiger partial charge in [0, 0.05) is 44.0 Å². The minimum Gasteiger partial charge on any atom is -0.349 e. The largest absolute Gasteiger partial charge is 0.349 e. The van der Waals surface area contributed by atoms with Crippen molar-refractivity contribution in [3.8, 4) is 0 Å². The Morgan fingerprint density at radius 2 is 2.15 bits per heavy atom. The Morgan fingerprint density at radius 3 is 2.92 bits per heavy atom. The smallest absolute Gasteiger partial charge is 0.256 e. The van der Waals surface area contributed by atoms with Crippen LogP contribution in [0.25, 0.3) is 5.65 Å². The van der Waals surface area contributed by atoms with E-state index in [9.17, 15) is 9.59 Å². The minimum atomic E-state index is -0.144. The Balaban J connectivity index is 1.34. The summed E-state index contributed by atoms with van der Waals surface area (Å²) in [5.74, 6) is -0.0628. The number of hydrogen-bond acceptors (Lipinski definition) is 6. The van der Waals surface area contributed by atoms with Crippen molar-refractivity contribution in [2.24, 2.45) is 0 Å². The third kappa shape index (κ3) is 3.40. The van der Waals surface area contributed by atoms with Gasteiger partial charge in [-0.2, -0.15) is 5.10 Å². The fraction of sp³-hybridized carbons (Fsp3) is 0.529. The normalized spacial score (nSPS) is 25.2. The number of piperidine rings is 1. The molecule has 9 heteroatoms. The molecule has 0 aromatic carbocycles. The highest BCUT2D eigenvalue weighted by atomic mass is 16.2. The molecule has 4 heterocycles. The van der Waals surface area contributed by atoms with Crippen LogP contribution in [0.1, 0.15) is 36.5 Å². The molecule has 9 nitrogen and oxygen atoms in total. The van der Waals surface area contributed by atoms with Gasteiger partial charge in [0.25, 0.3) is 5.91 Å². The average Bonchev–Trinajstić information content (AvgIpc) is 3.06. The van der Waals surface area contributed by atoms with Crippen molar-refractivity contribution in [1.82, 2.24) is 35.4 Å². The molecule has 0 spiro atoms. The van der Waals surface area contributed by atoms with Crippen LogP contribution in [0.4, 0.5) is 0 Å². The lowest BCUT2D eigenvalue weighted by atomic mass is 10.0. The number of nitrogens with zero attached hydrogens (tertiary/aromatic N) is 4. The van der Waals surface area contributed by atoms with E-state index in [0.29, 0.717) is 17.6 Å². The summed E-state index contributed by atoms with van der Waals surface area (Å²) in [7, 11) is 0. The van der Waals surface area contributed by atoms with Gasteiger partial charge in [0.15, 0.2) is 5.65 Å². The summed E-state index contributed by atoms with van der Waals surface area (Å²) in [6.45, 7) is 3.63. The van der Waals surface area contributed by atoms with Gasteiger partial charge in [-0.05, 0) is 25.8 Å². The molecule has 2 aromatic heterocycles. The molecule has 2 aromatic rings. The van der Waals surface area contributed by atoms with E-state index in [4.69, 9.17) is 0 Å². The molecule has 2 saturated heterocycles. The number of hydrogen-bond donors (Lipinski definition) is 3. The van der Waals surface area contributed by atoms with Gasteiger partial charge in [-0.25, -0.2) is 9.50 Å². The van der Waals surface area contributed by atoms with Crippen LogP contribution in [0, 0.1) is 0 Å². The van der Waals surface area contributed by atoms with Crippen molar-refractivity contribution in [2.45, 2.75) is 44.6 Å². The number of nitrogens with one attached hydrogen (secondary N) is 3. The van der Waals surface area contributed by atoms with E-state index in [-0.39, 0.29) is 30.2 Å². The highest BCUT2D eigenvalue weighted by Gasteiger charge is 2.31. The van der Waals surface area contributed by atoms with E-state index in [0.717, 1.165) is 25.9 Å². The highest BCUT2D eigenvalue weighted by Crippen LogP contribution is 2.15. The molecule has 0 aliphatic carbocycles. The molecule has 3 N–H and O–H groups in total. The zero-order valence-electron chi connectivity index (χ0n) is 14.7. The van der Waals surface area contributed by atoms with Crippen LogP contribution in [-0.4, -0.2) is 62.8 Å². The van der Waals surface area contributed by atoms with Gasteiger partial charge in [0.1, 0.15) is 11.9 Å². The number of carbonyl (C=O) groups is 2. The van der Waals surface area contributed by atoms with Gasteiger partial charge in [0.05, 0.1) is 6.20 Å². The Labute approximate surface area is 151 Å². The third-order valence-corrected chi connectivity index (χ3v) is 4.99. The molecule has 2 atom stereocenters. The first-order valence-corrected chi connectivity index (χ1v) is 8.99. The second kappa shape index (κ2) is 7.00. The van der Waals surface area contributed by atoms with E-state index < -0.39 is 0 Å². The number of amides is 2. The Kier molecular flexibility index (Phi) is 4.56. The predicted octanol–water partition coefficient (Wildman–Crippen LogP) is -0.295. The number of rotatable bonds is 3. The second-order valence-electron chi connectivity index (χ2n) is 6.97. The Hall–Kier alpha value is -2.52. The highest BCUT2D eigenvalue weighted by molar-refractivity contribution is 5.99. The molecular formula is C17H23N7O2. The van der Waals surface area contributed by atoms with E-state index in [1.165, 1.54) is 0 Å². The van der Waals surface area contributed by atoms with Gasteiger partial charge in [-0.3, -0.25) is 19.8 Å². The lowest BCUT2D eigenvalue weighted by Gasteiger charge is -2.41. The van der Waals surface area contributed by atoms with Crippen LogP contribution in [-0.2, 0) is 4.79 Å². The average molecular weight is 357 g/mol. The van der Waals surface area contributed by atoms with Crippen LogP contribution in [0.2, 0.25) is 0 Å². The fourth-order valence-electron chi connectivity index (χ4n) is 3.61. The lowest BCUT2D eigenvalue weighted by molar-refractivity contribution is -0.127. The van der Waals surface area contributed by atoms with Gasteiger partial charge in [-0.1, -0.05) is 0 Å². The van der Waals surface area contributed by atoms with Gasteiger partial charge < -0.3 is 10.6 Å². The molecule has 2 aliphatic heterocycles. The second-order valence-corrected chi connectivity index (χ2v) is 6.97. The quantitative estimate of drug-likeness (QED) is 0.697. The number of fused-ring (bicyclic) bond motifs is 1. The minimum absolute atomic E-state index is 0.0808. The van der Waals surface area contributed by atoms with Crippen LogP contribution >= 0.6 is 0 Å². The van der Waals surface area contributed by atoms with Crippen molar-refractivity contribution in [3.05, 3.63) is 30.2 Å². The first kappa shape index (κ1) is 16.9. The zero-order chi connectivity index (χ0) is 18.1. The molecule has 2 fully saturated rings. The number of carbonyl (C=O) groups excluding carboxylic acids is 2. The summed E-state index contributed by atoms with van der Waals surface area (Å²) in [5.41, 5.74) is 1.05. The SMILES string of the molecule is CC1CC(=O)NC(N2CCC(NC(=O)c3cnn4cccnc34)CC2)N1. The monoisotopic (exact) mass is 357 g/mol. The van der Waals surface area contributed by atoms with Crippen molar-refractivity contribution in [3.63, 3.8) is 0 Å². The third-order valence-electron chi connectivity index (χ3n) is 4.99. The zero-order valence-corrected chi connectivity index (χ0v) is 14.7. The lowest BCUT2D eigenvalue weighted by Crippen LogP contribution is -2.65. The molecule has 0 bridgehead atoms. The van der Waals surface area contributed by atoms with Gasteiger partial charge in [0.2, 0.25) is 5.91 Å². The first-order chi connectivity index (χ1) is 12.6. The molecule has 138 valence electrons. The molecule has 2 aliphatic rings. The van der Waals surface area contributed by atoms with E-state index in [1.54, 1.807) is 29.2 Å². The maximum Gasteiger partial charge on any atom is 0.256 e. The van der Waals surface area contributed by atoms with Crippen molar-refractivity contribution < 1.29 is 9.59 Å². The van der Waals surface area contributed by atoms with Crippen LogP contribution in [0.3, 0.4) is 0 Å². The number of aromatic nitrogens is 3. The summed E-state index contributed by atoms with van der Waals surface area (Å²) < 4.78 is 1.59. The maximum atomic E-state index is 12.6. The fourth-order valence-corrected chi connectivity index (χ4v) is 3.61. The number of likely N-dealkylation sites (tertiary alicyclic amines) is 1. The van der Waals surface area contributed by atoms with Crippen molar-refractivity contribution in [1.29, 1.82) is 0 Å². The topological polar surface area (TPSA) is 104 Å². The maximum absolute atomic E-state index is 12.6. The van der Waals surface area contributed by atoms with Crippen LogP contribution < -0.4 is 16.0 Å². The van der Waals surface area contributed by atoms with Crippen molar-refractivity contribution in [2.75, 3.05) is 13.1 Å². The van der Waals surface area contributed by atoms with E-state index in [2.05, 4.69) is 30.9 Å². The first-order valence-electron chi connectivity index (χ1n) is 8.99. The molecular weight excluding hydrogens is 334 g/mol. The summed E-state index contributed by atoms with van der Waals surface area (Å²) in [6, 6.07) is 2.06. The van der Waals surface area contributed by atoms with E-state index >= 15 is 0 Å². The summed E-state index contributed by atoms with van der Waals surface area (Å²) in [5, 5.41) is 13.6. The van der Waals surface area contributed by atoms with Crippen LogP contribution in [0.5, 0.6) is 0 Å². The van der Waals surface area contributed by atoms with E-state index in [1.807, 2.05) is 6.92 Å². The Morgan fingerprint density at radius 1 is 1.35 bits per heavy atom. The van der Waals surface area contributed by atoms with Gasteiger partial charge in [-0.15, -0.1) is 0 Å². The molecule has 2 unspecified atom stereocenters. The summed E-state index contributed by atoms with van der Waals surface area (Å²) in [6.07, 6.45) is 7.03.